The molecule has 0 aliphatic rings. The van der Waals surface area contributed by atoms with Gasteiger partial charge in [0, 0.05) is 32.9 Å². The first-order chi connectivity index (χ1) is 22.7. The molecule has 3 amide bonds. The molecule has 0 bridgehead atoms. The number of furan rings is 1. The molecule has 0 spiro atoms. The number of para-hydroxylation sites is 1. The monoisotopic (exact) mass is 665 g/mol. The zero-order valence-electron chi connectivity index (χ0n) is 25.9. The van der Waals surface area contributed by atoms with Crippen LogP contribution >= 0.6 is 23.4 Å². The highest BCUT2D eigenvalue weighted by Gasteiger charge is 2.19. The van der Waals surface area contributed by atoms with Gasteiger partial charge >= 0.3 is 0 Å². The Morgan fingerprint density at radius 2 is 1.57 bits per heavy atom. The Bertz CT molecular complexity index is 1920. The third kappa shape index (κ3) is 8.52. The smallest absolute Gasteiger partial charge is 0.272 e. The van der Waals surface area contributed by atoms with Crippen molar-refractivity contribution >= 4 is 58.5 Å². The molecule has 1 aromatic heterocycles. The molecule has 1 unspecified atom stereocenters. The van der Waals surface area contributed by atoms with Crippen molar-refractivity contribution in [3.05, 3.63) is 137 Å². The average molecular weight is 666 g/mol. The Morgan fingerprint density at radius 3 is 2.32 bits per heavy atom. The van der Waals surface area contributed by atoms with Gasteiger partial charge < -0.3 is 25.1 Å². The third-order valence-electron chi connectivity index (χ3n) is 7.13. The van der Waals surface area contributed by atoms with Crippen molar-refractivity contribution in [1.82, 2.24) is 5.32 Å². The zero-order chi connectivity index (χ0) is 33.3. The van der Waals surface area contributed by atoms with Crippen molar-refractivity contribution in [3.63, 3.8) is 0 Å². The lowest BCUT2D eigenvalue weighted by molar-refractivity contribution is -0.115. The Balaban J connectivity index is 1.30. The van der Waals surface area contributed by atoms with Gasteiger partial charge in [0.25, 0.3) is 11.8 Å². The highest BCUT2D eigenvalue weighted by atomic mass is 35.5. The molecule has 0 fully saturated rings. The summed E-state index contributed by atoms with van der Waals surface area (Å²) in [5.74, 6) is 0.386. The number of hydrogen-bond acceptors (Lipinski definition) is 6. The van der Waals surface area contributed by atoms with Crippen LogP contribution in [-0.4, -0.2) is 30.1 Å². The van der Waals surface area contributed by atoms with E-state index in [0.29, 0.717) is 39.2 Å². The minimum absolute atomic E-state index is 0.0140. The number of ether oxygens (including phenoxy) is 1. The summed E-state index contributed by atoms with van der Waals surface area (Å²) in [5.41, 5.74) is 3.10. The standard InChI is InChI=1S/C37H32ClN3O5S/c1-23-30(38)13-9-14-31(23)40-35(42)24(2)47-28-19-16-26(17-20-28)39-37(44)32(41-36(43)25-10-5-4-6-11-25)22-27-18-21-34(46-27)29-12-7-8-15-33(29)45-3/h4-22,24H,1-3H3,(H,39,44)(H,40,42)(H,41,43). The molecule has 1 heterocycles. The fraction of sp³-hybridized carbons (Fsp3) is 0.108. The van der Waals surface area contributed by atoms with Crippen molar-refractivity contribution in [1.29, 1.82) is 0 Å². The van der Waals surface area contributed by atoms with E-state index >= 15 is 0 Å². The number of carbonyl (C=O) groups is 3. The van der Waals surface area contributed by atoms with Gasteiger partial charge in [0.05, 0.1) is 17.9 Å². The molecule has 0 aliphatic carbocycles. The van der Waals surface area contributed by atoms with Crippen molar-refractivity contribution in [2.24, 2.45) is 0 Å². The Labute approximate surface area is 282 Å². The number of benzene rings is 4. The lowest BCUT2D eigenvalue weighted by Crippen LogP contribution is -2.30. The number of carbonyl (C=O) groups excluding carboxylic acids is 3. The summed E-state index contributed by atoms with van der Waals surface area (Å²) in [6.45, 7) is 3.67. The number of amides is 3. The molecule has 5 aromatic rings. The molecule has 47 heavy (non-hydrogen) atoms. The second-order valence-electron chi connectivity index (χ2n) is 10.4. The highest BCUT2D eigenvalue weighted by Crippen LogP contribution is 2.32. The van der Waals surface area contributed by atoms with E-state index in [1.165, 1.54) is 17.8 Å². The van der Waals surface area contributed by atoms with E-state index in [1.54, 1.807) is 73.8 Å². The first kappa shape index (κ1) is 33.1. The maximum Gasteiger partial charge on any atom is 0.272 e. The SMILES string of the molecule is COc1ccccc1-c1ccc(C=C(NC(=O)c2ccccc2)C(=O)Nc2ccc(SC(C)C(=O)Nc3cccc(Cl)c3C)cc2)o1. The van der Waals surface area contributed by atoms with Crippen LogP contribution in [0.25, 0.3) is 17.4 Å². The Morgan fingerprint density at radius 1 is 0.851 bits per heavy atom. The van der Waals surface area contributed by atoms with E-state index in [0.717, 1.165) is 16.0 Å². The van der Waals surface area contributed by atoms with Crippen LogP contribution in [0.3, 0.4) is 0 Å². The molecule has 0 saturated heterocycles. The number of methoxy groups -OCH3 is 1. The first-order valence-electron chi connectivity index (χ1n) is 14.7. The van der Waals surface area contributed by atoms with Crippen LogP contribution in [0.2, 0.25) is 5.02 Å². The van der Waals surface area contributed by atoms with Crippen LogP contribution in [0.4, 0.5) is 11.4 Å². The summed E-state index contributed by atoms with van der Waals surface area (Å²) in [5, 5.41) is 8.67. The maximum absolute atomic E-state index is 13.5. The van der Waals surface area contributed by atoms with Crippen LogP contribution < -0.4 is 20.7 Å². The van der Waals surface area contributed by atoms with E-state index < -0.39 is 17.1 Å². The predicted molar refractivity (Wildman–Crippen MR) is 188 cm³/mol. The molecule has 8 nitrogen and oxygen atoms in total. The molecular weight excluding hydrogens is 634 g/mol. The summed E-state index contributed by atoms with van der Waals surface area (Å²) in [6.07, 6.45) is 1.47. The van der Waals surface area contributed by atoms with Gasteiger partial charge in [0.1, 0.15) is 23.0 Å². The van der Waals surface area contributed by atoms with Gasteiger partial charge in [-0.15, -0.1) is 11.8 Å². The van der Waals surface area contributed by atoms with E-state index in [-0.39, 0.29) is 11.6 Å². The molecule has 10 heteroatoms. The van der Waals surface area contributed by atoms with Crippen LogP contribution in [0.15, 0.2) is 124 Å². The minimum Gasteiger partial charge on any atom is -0.496 e. The van der Waals surface area contributed by atoms with Crippen molar-refractivity contribution < 1.29 is 23.5 Å². The van der Waals surface area contributed by atoms with E-state index in [9.17, 15) is 14.4 Å². The van der Waals surface area contributed by atoms with Gasteiger partial charge in [-0.2, -0.15) is 0 Å². The van der Waals surface area contributed by atoms with Crippen molar-refractivity contribution in [2.45, 2.75) is 24.0 Å². The zero-order valence-corrected chi connectivity index (χ0v) is 27.4. The Hall–Kier alpha value is -5.25. The lowest BCUT2D eigenvalue weighted by atomic mass is 10.1. The average Bonchev–Trinajstić information content (AvgIpc) is 3.56. The summed E-state index contributed by atoms with van der Waals surface area (Å²) < 4.78 is 11.5. The highest BCUT2D eigenvalue weighted by molar-refractivity contribution is 8.00. The maximum atomic E-state index is 13.5. The van der Waals surface area contributed by atoms with Crippen molar-refractivity contribution in [2.75, 3.05) is 17.7 Å². The van der Waals surface area contributed by atoms with E-state index in [2.05, 4.69) is 16.0 Å². The predicted octanol–water partition coefficient (Wildman–Crippen LogP) is 8.45. The molecule has 0 aliphatic heterocycles. The summed E-state index contributed by atoms with van der Waals surface area (Å²) in [4.78, 5) is 40.2. The van der Waals surface area contributed by atoms with Gasteiger partial charge in [-0.05, 0) is 92.2 Å². The van der Waals surface area contributed by atoms with Gasteiger partial charge in [-0.1, -0.05) is 48.0 Å². The van der Waals surface area contributed by atoms with Gasteiger partial charge in [-0.3, -0.25) is 14.4 Å². The first-order valence-corrected chi connectivity index (χ1v) is 15.9. The second-order valence-corrected chi connectivity index (χ2v) is 12.2. The minimum atomic E-state index is -0.547. The molecule has 4 aromatic carbocycles. The number of halogens is 1. The van der Waals surface area contributed by atoms with Crippen LogP contribution in [-0.2, 0) is 9.59 Å². The van der Waals surface area contributed by atoms with Crippen molar-refractivity contribution in [3.8, 4) is 17.1 Å². The largest absolute Gasteiger partial charge is 0.496 e. The number of hydrogen-bond donors (Lipinski definition) is 3. The van der Waals surface area contributed by atoms with E-state index in [1.807, 2.05) is 56.3 Å². The van der Waals surface area contributed by atoms with Crippen LogP contribution in [0, 0.1) is 6.92 Å². The number of nitrogens with one attached hydrogen (secondary N) is 3. The fourth-order valence-corrected chi connectivity index (χ4v) is 5.60. The molecule has 3 N–H and O–H groups in total. The molecule has 238 valence electrons. The van der Waals surface area contributed by atoms with Gasteiger partial charge in [0.15, 0.2) is 0 Å². The summed E-state index contributed by atoms with van der Waals surface area (Å²) >= 11 is 7.56. The number of anilines is 2. The topological polar surface area (TPSA) is 110 Å². The fourth-order valence-electron chi connectivity index (χ4n) is 4.56. The molecule has 5 rings (SSSR count). The number of rotatable bonds is 11. The Kier molecular flexibility index (Phi) is 10.8. The molecule has 1 atom stereocenters. The van der Waals surface area contributed by atoms with Gasteiger partial charge in [0.2, 0.25) is 5.91 Å². The molecular formula is C37H32ClN3O5S. The molecule has 0 saturated carbocycles. The number of thioether (sulfide) groups is 1. The quantitative estimate of drug-likeness (QED) is 0.0965. The van der Waals surface area contributed by atoms with Crippen LogP contribution in [0.1, 0.15) is 28.6 Å². The van der Waals surface area contributed by atoms with Gasteiger partial charge in [-0.25, -0.2) is 0 Å². The molecule has 0 radical (unpaired) electrons. The van der Waals surface area contributed by atoms with E-state index in [4.69, 9.17) is 20.8 Å². The van der Waals surface area contributed by atoms with Crippen LogP contribution in [0.5, 0.6) is 5.75 Å². The summed E-state index contributed by atoms with van der Waals surface area (Å²) in [6, 6.07) is 32.0. The lowest BCUT2D eigenvalue weighted by Gasteiger charge is -2.15. The summed E-state index contributed by atoms with van der Waals surface area (Å²) in [7, 11) is 1.58. The second kappa shape index (κ2) is 15.4. The third-order valence-corrected chi connectivity index (χ3v) is 8.66. The normalized spacial score (nSPS) is 11.8.